The second-order valence-electron chi connectivity index (χ2n) is 8.39. The molecule has 0 spiro atoms. The van der Waals surface area contributed by atoms with Crippen molar-refractivity contribution in [3.63, 3.8) is 0 Å². The predicted octanol–water partition coefficient (Wildman–Crippen LogP) is -1.32. The van der Waals surface area contributed by atoms with E-state index in [-0.39, 0.29) is 18.3 Å². The lowest BCUT2D eigenvalue weighted by molar-refractivity contribution is -0.143. The normalized spacial score (nSPS) is 15.1. The third-order valence-corrected chi connectivity index (χ3v) is 4.69. The van der Waals surface area contributed by atoms with Crippen LogP contribution in [0, 0.1) is 11.8 Å². The Labute approximate surface area is 183 Å². The van der Waals surface area contributed by atoms with E-state index in [0.717, 1.165) is 6.42 Å². The fourth-order valence-corrected chi connectivity index (χ4v) is 2.86. The molecule has 3 amide bonds. The highest BCUT2D eigenvalue weighted by Gasteiger charge is 2.31. The fraction of sp³-hybridized carbons (Fsp3) is 0.800. The van der Waals surface area contributed by atoms with E-state index in [1.165, 1.54) is 0 Å². The van der Waals surface area contributed by atoms with Gasteiger partial charge in [-0.1, -0.05) is 34.1 Å². The number of carboxylic acid groups (broad SMARTS) is 1. The molecule has 0 aromatic rings. The van der Waals surface area contributed by atoms with Crippen molar-refractivity contribution in [2.45, 2.75) is 77.5 Å². The number of carbonyl (C=O) groups is 4. The molecule has 0 fully saturated rings. The molecule has 0 rings (SSSR count). The van der Waals surface area contributed by atoms with Gasteiger partial charge in [0.15, 0.2) is 0 Å². The van der Waals surface area contributed by atoms with Crippen LogP contribution in [0.25, 0.3) is 0 Å². The molecule has 4 atom stereocenters. The Balaban J connectivity index is 5.08. The van der Waals surface area contributed by atoms with Crippen LogP contribution < -0.4 is 27.4 Å². The summed E-state index contributed by atoms with van der Waals surface area (Å²) in [6.07, 6.45) is 2.03. The quantitative estimate of drug-likeness (QED) is 0.150. The Morgan fingerprint density at radius 2 is 1.45 bits per heavy atom. The molecule has 11 nitrogen and oxygen atoms in total. The predicted molar refractivity (Wildman–Crippen MR) is 116 cm³/mol. The minimum Gasteiger partial charge on any atom is -0.480 e. The van der Waals surface area contributed by atoms with Crippen molar-refractivity contribution in [2.24, 2.45) is 23.3 Å². The van der Waals surface area contributed by atoms with Crippen LogP contribution in [0.4, 0.5) is 0 Å². The first-order valence-electron chi connectivity index (χ1n) is 10.6. The number of aliphatic hydroxyl groups excluding tert-OH is 1. The number of carboxylic acids is 1. The highest BCUT2D eigenvalue weighted by Crippen LogP contribution is 2.07. The van der Waals surface area contributed by atoms with E-state index in [4.69, 9.17) is 11.5 Å². The molecule has 31 heavy (non-hydrogen) atoms. The number of hydrogen-bond acceptors (Lipinski definition) is 7. The molecule has 9 N–H and O–H groups in total. The molecule has 0 aliphatic rings. The van der Waals surface area contributed by atoms with Gasteiger partial charge in [0, 0.05) is 0 Å². The molecule has 180 valence electrons. The molecule has 0 aromatic carbocycles. The lowest BCUT2D eigenvalue weighted by Gasteiger charge is -2.26. The molecule has 0 radical (unpaired) electrons. The lowest BCUT2D eigenvalue weighted by Crippen LogP contribution is -2.59. The van der Waals surface area contributed by atoms with E-state index in [1.807, 2.05) is 13.8 Å². The molecule has 0 bridgehead atoms. The minimum absolute atomic E-state index is 0.0122. The number of hydrogen-bond donors (Lipinski definition) is 7. The van der Waals surface area contributed by atoms with E-state index < -0.39 is 54.5 Å². The number of amides is 3. The molecule has 0 aliphatic heterocycles. The second kappa shape index (κ2) is 14.7. The average molecular weight is 446 g/mol. The molecule has 0 saturated carbocycles. The van der Waals surface area contributed by atoms with Crippen LogP contribution in [0.5, 0.6) is 0 Å². The van der Waals surface area contributed by atoms with Crippen molar-refractivity contribution in [2.75, 3.05) is 13.2 Å². The van der Waals surface area contributed by atoms with Crippen molar-refractivity contribution in [1.29, 1.82) is 0 Å². The monoisotopic (exact) mass is 445 g/mol. The maximum absolute atomic E-state index is 12.7. The second-order valence-corrected chi connectivity index (χ2v) is 8.39. The number of rotatable bonds is 15. The maximum atomic E-state index is 12.7. The topological polar surface area (TPSA) is 197 Å². The van der Waals surface area contributed by atoms with Gasteiger partial charge in [-0.25, -0.2) is 4.79 Å². The molecular weight excluding hydrogens is 406 g/mol. The Bertz CT molecular complexity index is 599. The number of nitrogens with two attached hydrogens (primary N) is 2. The Morgan fingerprint density at radius 1 is 0.871 bits per heavy atom. The molecule has 0 saturated heterocycles. The van der Waals surface area contributed by atoms with Crippen LogP contribution in [0.1, 0.15) is 53.4 Å². The Kier molecular flexibility index (Phi) is 13.6. The Hall–Kier alpha value is -2.24. The van der Waals surface area contributed by atoms with Gasteiger partial charge in [0.1, 0.15) is 18.1 Å². The fourth-order valence-electron chi connectivity index (χ4n) is 2.86. The summed E-state index contributed by atoms with van der Waals surface area (Å²) >= 11 is 0. The summed E-state index contributed by atoms with van der Waals surface area (Å²) in [6, 6.07) is -4.30. The number of carbonyl (C=O) groups excluding carboxylic acids is 3. The zero-order chi connectivity index (χ0) is 24.1. The van der Waals surface area contributed by atoms with E-state index in [1.54, 1.807) is 13.8 Å². The highest BCUT2D eigenvalue weighted by atomic mass is 16.4. The van der Waals surface area contributed by atoms with Gasteiger partial charge in [-0.3, -0.25) is 14.4 Å². The number of aliphatic hydroxyl groups is 1. The van der Waals surface area contributed by atoms with Gasteiger partial charge < -0.3 is 37.6 Å². The molecule has 4 unspecified atom stereocenters. The zero-order valence-electron chi connectivity index (χ0n) is 18.9. The standard InChI is InChI=1S/C20H39N5O6/c1-11(2)9-14(20(30)31)23-18(28)15(10-26)24-19(29)16(12(3)4)25-17(27)13(22)7-5-6-8-21/h11-16,26H,5-10,21-22H2,1-4H3,(H,23,28)(H,24,29)(H,25,27)(H,30,31). The van der Waals surface area contributed by atoms with Gasteiger partial charge in [0.2, 0.25) is 17.7 Å². The van der Waals surface area contributed by atoms with Crippen LogP contribution >= 0.6 is 0 Å². The smallest absolute Gasteiger partial charge is 0.326 e. The van der Waals surface area contributed by atoms with Crippen molar-refractivity contribution in [3.05, 3.63) is 0 Å². The van der Waals surface area contributed by atoms with Crippen LogP contribution in [0.15, 0.2) is 0 Å². The van der Waals surface area contributed by atoms with Gasteiger partial charge >= 0.3 is 5.97 Å². The molecule has 0 aliphatic carbocycles. The summed E-state index contributed by atoms with van der Waals surface area (Å²) in [7, 11) is 0. The summed E-state index contributed by atoms with van der Waals surface area (Å²) in [5, 5.41) is 26.1. The summed E-state index contributed by atoms with van der Waals surface area (Å²) in [6.45, 7) is 6.80. The highest BCUT2D eigenvalue weighted by molar-refractivity contribution is 5.94. The van der Waals surface area contributed by atoms with Crippen molar-refractivity contribution >= 4 is 23.7 Å². The largest absolute Gasteiger partial charge is 0.480 e. The number of aliphatic carboxylic acids is 1. The summed E-state index contributed by atoms with van der Waals surface area (Å²) in [5.74, 6) is -3.52. The lowest BCUT2D eigenvalue weighted by atomic mass is 10.0. The third kappa shape index (κ3) is 11.1. The minimum atomic E-state index is -1.36. The average Bonchev–Trinajstić information content (AvgIpc) is 2.68. The third-order valence-electron chi connectivity index (χ3n) is 4.69. The van der Waals surface area contributed by atoms with E-state index >= 15 is 0 Å². The van der Waals surface area contributed by atoms with E-state index in [0.29, 0.717) is 19.4 Å². The SMILES string of the molecule is CC(C)CC(NC(=O)C(CO)NC(=O)C(NC(=O)C(N)CCCCN)C(C)C)C(=O)O. The summed E-state index contributed by atoms with van der Waals surface area (Å²) < 4.78 is 0. The summed E-state index contributed by atoms with van der Waals surface area (Å²) in [5.41, 5.74) is 11.3. The first-order chi connectivity index (χ1) is 14.4. The Morgan fingerprint density at radius 3 is 1.90 bits per heavy atom. The first kappa shape index (κ1) is 28.8. The molecule has 0 heterocycles. The van der Waals surface area contributed by atoms with Gasteiger partial charge in [0.25, 0.3) is 0 Å². The zero-order valence-corrected chi connectivity index (χ0v) is 18.9. The number of nitrogens with one attached hydrogen (secondary N) is 3. The van der Waals surface area contributed by atoms with Crippen LogP contribution in [-0.2, 0) is 19.2 Å². The number of unbranched alkanes of at least 4 members (excludes halogenated alkanes) is 1. The van der Waals surface area contributed by atoms with E-state index in [2.05, 4.69) is 16.0 Å². The van der Waals surface area contributed by atoms with Crippen molar-refractivity contribution in [1.82, 2.24) is 16.0 Å². The van der Waals surface area contributed by atoms with Crippen LogP contribution in [0.2, 0.25) is 0 Å². The van der Waals surface area contributed by atoms with Gasteiger partial charge in [0.05, 0.1) is 12.6 Å². The van der Waals surface area contributed by atoms with E-state index in [9.17, 15) is 29.4 Å². The van der Waals surface area contributed by atoms with Crippen molar-refractivity contribution in [3.8, 4) is 0 Å². The van der Waals surface area contributed by atoms with Crippen LogP contribution in [-0.4, -0.2) is 71.2 Å². The first-order valence-corrected chi connectivity index (χ1v) is 10.6. The van der Waals surface area contributed by atoms with Gasteiger partial charge in [-0.2, -0.15) is 0 Å². The van der Waals surface area contributed by atoms with Crippen molar-refractivity contribution < 1.29 is 29.4 Å². The molecule has 0 aromatic heterocycles. The molecule has 11 heteroatoms. The van der Waals surface area contributed by atoms with Gasteiger partial charge in [-0.15, -0.1) is 0 Å². The molecular formula is C20H39N5O6. The maximum Gasteiger partial charge on any atom is 0.326 e. The van der Waals surface area contributed by atoms with Crippen LogP contribution in [0.3, 0.4) is 0 Å². The van der Waals surface area contributed by atoms with Gasteiger partial charge in [-0.05, 0) is 37.6 Å². The summed E-state index contributed by atoms with van der Waals surface area (Å²) in [4.78, 5) is 48.8.